The molecule has 4 rings (SSSR count). The number of benzene rings is 2. The highest BCUT2D eigenvalue weighted by Crippen LogP contribution is 2.38. The lowest BCUT2D eigenvalue weighted by Crippen LogP contribution is -2.13. The second-order valence-corrected chi connectivity index (χ2v) is 8.36. The van der Waals surface area contributed by atoms with E-state index in [1.807, 2.05) is 6.08 Å². The van der Waals surface area contributed by atoms with Gasteiger partial charge in [-0.05, 0) is 84.3 Å². The van der Waals surface area contributed by atoms with Gasteiger partial charge in [-0.25, -0.2) is 13.2 Å². The molecule has 2 aromatic rings. The smallest absolute Gasteiger partial charge is 0.194 e. The van der Waals surface area contributed by atoms with Crippen LogP contribution in [-0.4, -0.2) is 0 Å². The summed E-state index contributed by atoms with van der Waals surface area (Å²) in [6, 6.07) is 9.82. The third-order valence-corrected chi connectivity index (χ3v) is 6.59. The molecule has 0 saturated heterocycles. The topological polar surface area (TPSA) is 0 Å². The van der Waals surface area contributed by atoms with E-state index >= 15 is 0 Å². The largest absolute Gasteiger partial charge is 0.204 e. The Kier molecular flexibility index (Phi) is 5.61. The molecule has 2 aliphatic carbocycles. The zero-order valence-corrected chi connectivity index (χ0v) is 16.4. The summed E-state index contributed by atoms with van der Waals surface area (Å²) in [4.78, 5) is 0. The Hall–Kier alpha value is -2.03. The van der Waals surface area contributed by atoms with Crippen molar-refractivity contribution in [2.75, 3.05) is 0 Å². The maximum absolute atomic E-state index is 14.0. The van der Waals surface area contributed by atoms with Crippen molar-refractivity contribution in [1.29, 1.82) is 0 Å². The van der Waals surface area contributed by atoms with Crippen LogP contribution in [0.1, 0.15) is 73.6 Å². The van der Waals surface area contributed by atoms with Crippen LogP contribution in [0.4, 0.5) is 13.2 Å². The fraction of sp³-hybridized carbons (Fsp3) is 0.440. The fourth-order valence-electron chi connectivity index (χ4n) is 4.94. The van der Waals surface area contributed by atoms with Gasteiger partial charge in [-0.1, -0.05) is 50.1 Å². The van der Waals surface area contributed by atoms with E-state index < -0.39 is 17.5 Å². The Morgan fingerprint density at radius 2 is 1.64 bits per heavy atom. The lowest BCUT2D eigenvalue weighted by molar-refractivity contribution is 0.308. The van der Waals surface area contributed by atoms with E-state index in [4.69, 9.17) is 0 Å². The number of allylic oxidation sites excluding steroid dienone is 2. The minimum atomic E-state index is -1.37. The van der Waals surface area contributed by atoms with Gasteiger partial charge in [-0.2, -0.15) is 0 Å². The predicted molar refractivity (Wildman–Crippen MR) is 108 cm³/mol. The molecule has 0 spiro atoms. The molecular weight excluding hydrogens is 357 g/mol. The van der Waals surface area contributed by atoms with E-state index in [2.05, 4.69) is 31.2 Å². The van der Waals surface area contributed by atoms with E-state index in [1.165, 1.54) is 44.1 Å². The first kappa shape index (κ1) is 19.3. The van der Waals surface area contributed by atoms with E-state index in [-0.39, 0.29) is 5.56 Å². The maximum atomic E-state index is 14.0. The van der Waals surface area contributed by atoms with E-state index in [9.17, 15) is 13.2 Å². The van der Waals surface area contributed by atoms with Crippen molar-refractivity contribution in [3.05, 3.63) is 76.1 Å². The van der Waals surface area contributed by atoms with Gasteiger partial charge in [0.05, 0.1) is 0 Å². The highest BCUT2D eigenvalue weighted by atomic mass is 19.2. The highest BCUT2D eigenvalue weighted by Gasteiger charge is 2.23. The minimum Gasteiger partial charge on any atom is -0.204 e. The number of fused-ring (bicyclic) bond motifs is 1. The molecule has 0 radical (unpaired) electrons. The molecular formula is C25H27F3. The molecule has 148 valence electrons. The van der Waals surface area contributed by atoms with Gasteiger partial charge >= 0.3 is 0 Å². The summed E-state index contributed by atoms with van der Waals surface area (Å²) in [7, 11) is 0. The predicted octanol–water partition coefficient (Wildman–Crippen LogP) is 7.36. The molecule has 1 fully saturated rings. The van der Waals surface area contributed by atoms with Gasteiger partial charge in [0.25, 0.3) is 0 Å². The van der Waals surface area contributed by atoms with Crippen LogP contribution >= 0.6 is 0 Å². The second kappa shape index (κ2) is 8.14. The van der Waals surface area contributed by atoms with Gasteiger partial charge in [0.1, 0.15) is 0 Å². The molecule has 0 bridgehead atoms. The van der Waals surface area contributed by atoms with Gasteiger partial charge < -0.3 is 0 Å². The Balaban J connectivity index is 1.46. The van der Waals surface area contributed by atoms with Crippen molar-refractivity contribution >= 4 is 5.57 Å². The van der Waals surface area contributed by atoms with Gasteiger partial charge in [-0.15, -0.1) is 0 Å². The van der Waals surface area contributed by atoms with E-state index in [0.717, 1.165) is 23.1 Å². The van der Waals surface area contributed by atoms with Crippen LogP contribution < -0.4 is 0 Å². The van der Waals surface area contributed by atoms with Crippen molar-refractivity contribution in [2.45, 2.75) is 64.2 Å². The molecule has 0 aromatic heterocycles. The minimum absolute atomic E-state index is 0.281. The van der Waals surface area contributed by atoms with Crippen LogP contribution in [0.2, 0.25) is 0 Å². The first-order chi connectivity index (χ1) is 13.6. The molecule has 28 heavy (non-hydrogen) atoms. The second-order valence-electron chi connectivity index (χ2n) is 8.36. The summed E-state index contributed by atoms with van der Waals surface area (Å²) in [5, 5.41) is 0. The Morgan fingerprint density at radius 3 is 2.32 bits per heavy atom. The average Bonchev–Trinajstić information content (AvgIpc) is 2.73. The van der Waals surface area contributed by atoms with Gasteiger partial charge in [0, 0.05) is 0 Å². The Bertz CT molecular complexity index is 872. The normalized spacial score (nSPS) is 21.9. The van der Waals surface area contributed by atoms with Crippen LogP contribution in [0, 0.1) is 23.4 Å². The summed E-state index contributed by atoms with van der Waals surface area (Å²) in [6.07, 6.45) is 10.5. The fourth-order valence-corrected chi connectivity index (χ4v) is 4.94. The number of hydrogen-bond acceptors (Lipinski definition) is 0. The SMILES string of the molecule is CCCC1CCC(c2ccc(C3=CCc4c(cc(F)c(F)c4F)C3)cc2)CC1. The Morgan fingerprint density at radius 1 is 0.929 bits per heavy atom. The first-order valence-electron chi connectivity index (χ1n) is 10.5. The van der Waals surface area contributed by atoms with Crippen molar-refractivity contribution < 1.29 is 13.2 Å². The molecule has 0 N–H and O–H groups in total. The van der Waals surface area contributed by atoms with Crippen molar-refractivity contribution in [1.82, 2.24) is 0 Å². The van der Waals surface area contributed by atoms with Crippen molar-refractivity contribution in [2.24, 2.45) is 5.92 Å². The van der Waals surface area contributed by atoms with Crippen LogP contribution in [0.5, 0.6) is 0 Å². The molecule has 0 atom stereocenters. The number of hydrogen-bond donors (Lipinski definition) is 0. The third kappa shape index (κ3) is 3.76. The van der Waals surface area contributed by atoms with Gasteiger partial charge in [-0.3, -0.25) is 0 Å². The Labute approximate surface area is 165 Å². The van der Waals surface area contributed by atoms with E-state index in [0.29, 0.717) is 24.3 Å². The number of halogens is 3. The van der Waals surface area contributed by atoms with Crippen molar-refractivity contribution in [3.63, 3.8) is 0 Å². The summed E-state index contributed by atoms with van der Waals surface area (Å²) in [6.45, 7) is 2.27. The molecule has 0 amide bonds. The van der Waals surface area contributed by atoms with Crippen LogP contribution in [0.3, 0.4) is 0 Å². The molecule has 0 nitrogen and oxygen atoms in total. The third-order valence-electron chi connectivity index (χ3n) is 6.59. The summed E-state index contributed by atoms with van der Waals surface area (Å²) >= 11 is 0. The summed E-state index contributed by atoms with van der Waals surface area (Å²) < 4.78 is 41.0. The highest BCUT2D eigenvalue weighted by molar-refractivity contribution is 5.70. The monoisotopic (exact) mass is 384 g/mol. The van der Waals surface area contributed by atoms with Crippen LogP contribution in [0.25, 0.3) is 5.57 Å². The van der Waals surface area contributed by atoms with Crippen LogP contribution in [-0.2, 0) is 12.8 Å². The van der Waals surface area contributed by atoms with Crippen LogP contribution in [0.15, 0.2) is 36.4 Å². The zero-order chi connectivity index (χ0) is 19.7. The maximum Gasteiger partial charge on any atom is 0.194 e. The average molecular weight is 384 g/mol. The molecule has 0 unspecified atom stereocenters. The standard InChI is InChI=1S/C25H27F3/c1-2-3-16-4-6-17(7-5-16)18-8-10-19(11-9-18)20-12-13-22-21(14-20)15-23(26)25(28)24(22)27/h8-12,15-17H,2-7,13-14H2,1H3. The molecule has 3 heteroatoms. The molecule has 0 heterocycles. The lowest BCUT2D eigenvalue weighted by atomic mass is 9.77. The molecule has 1 saturated carbocycles. The van der Waals surface area contributed by atoms with Gasteiger partial charge in [0.2, 0.25) is 0 Å². The lowest BCUT2D eigenvalue weighted by Gasteiger charge is -2.28. The quantitative estimate of drug-likeness (QED) is 0.483. The molecule has 0 aliphatic heterocycles. The van der Waals surface area contributed by atoms with E-state index in [1.54, 1.807) is 0 Å². The van der Waals surface area contributed by atoms with Crippen molar-refractivity contribution in [3.8, 4) is 0 Å². The first-order valence-corrected chi connectivity index (χ1v) is 10.5. The molecule has 2 aromatic carbocycles. The number of rotatable bonds is 4. The van der Waals surface area contributed by atoms with Gasteiger partial charge in [0.15, 0.2) is 17.5 Å². The summed E-state index contributed by atoms with van der Waals surface area (Å²) in [5.74, 6) is -1.97. The zero-order valence-electron chi connectivity index (χ0n) is 16.4. The molecule has 2 aliphatic rings. The summed E-state index contributed by atoms with van der Waals surface area (Å²) in [5.41, 5.74) is 4.36.